The summed E-state index contributed by atoms with van der Waals surface area (Å²) in [4.78, 5) is 11.3. The number of hydrogen-bond acceptors (Lipinski definition) is 2. The lowest BCUT2D eigenvalue weighted by atomic mass is 9.98. The molecule has 20 heavy (non-hydrogen) atoms. The largest absolute Gasteiger partial charge is 0.461 e. The Hall–Kier alpha value is -0.283. The predicted molar refractivity (Wildman–Crippen MR) is 91.0 cm³/mol. The molecule has 0 saturated carbocycles. The highest BCUT2D eigenvalue weighted by Crippen LogP contribution is 2.26. The zero-order chi connectivity index (χ0) is 15.9. The van der Waals surface area contributed by atoms with E-state index in [4.69, 9.17) is 16.3 Å². The van der Waals surface area contributed by atoms with E-state index in [1.54, 1.807) is 0 Å². The number of hydrogen-bond donors (Lipinski definition) is 0. The first kappa shape index (κ1) is 19.7. The maximum atomic E-state index is 11.3. The van der Waals surface area contributed by atoms with E-state index in [0.717, 1.165) is 19.3 Å². The van der Waals surface area contributed by atoms with Crippen molar-refractivity contribution in [1.82, 2.24) is 0 Å². The van der Waals surface area contributed by atoms with Crippen molar-refractivity contribution in [2.75, 3.05) is 0 Å². The quantitative estimate of drug-likeness (QED) is 0.267. The van der Waals surface area contributed by atoms with Crippen LogP contribution in [0.2, 0.25) is 19.6 Å². The first-order valence-corrected chi connectivity index (χ1v) is 11.5. The van der Waals surface area contributed by atoms with E-state index < -0.39 is 8.07 Å². The standard InChI is InChI=1S/C16H31ClO2Si/c1-12(2)9-8-10-13(3)11-15(19-14(4)18)16(17)20(5,6)7/h9,13,15-16H,8,10-11H2,1-7H3. The lowest BCUT2D eigenvalue weighted by molar-refractivity contribution is -0.146. The molecular weight excluding hydrogens is 288 g/mol. The van der Waals surface area contributed by atoms with E-state index in [9.17, 15) is 4.79 Å². The van der Waals surface area contributed by atoms with Crippen LogP contribution in [-0.4, -0.2) is 25.1 Å². The minimum Gasteiger partial charge on any atom is -0.461 e. The number of carbonyl (C=O) groups excluding carboxylic acids is 1. The summed E-state index contributed by atoms with van der Waals surface area (Å²) in [6.45, 7) is 14.6. The van der Waals surface area contributed by atoms with Crippen LogP contribution in [0.3, 0.4) is 0 Å². The van der Waals surface area contributed by atoms with Gasteiger partial charge in [-0.3, -0.25) is 4.79 Å². The lowest BCUT2D eigenvalue weighted by Gasteiger charge is -2.32. The highest BCUT2D eigenvalue weighted by atomic mass is 35.5. The van der Waals surface area contributed by atoms with Crippen LogP contribution in [-0.2, 0) is 9.53 Å². The molecule has 0 rings (SSSR count). The van der Waals surface area contributed by atoms with Crippen molar-refractivity contribution >= 4 is 25.6 Å². The summed E-state index contributed by atoms with van der Waals surface area (Å²) in [5, 5.41) is -0.0303. The lowest BCUT2D eigenvalue weighted by Crippen LogP contribution is -2.45. The number of esters is 1. The highest BCUT2D eigenvalue weighted by Gasteiger charge is 2.34. The summed E-state index contributed by atoms with van der Waals surface area (Å²) in [6, 6.07) is 0. The topological polar surface area (TPSA) is 26.3 Å². The van der Waals surface area contributed by atoms with E-state index in [0.29, 0.717) is 5.92 Å². The summed E-state index contributed by atoms with van der Waals surface area (Å²) < 4.78 is 5.49. The van der Waals surface area contributed by atoms with E-state index in [1.165, 1.54) is 12.5 Å². The van der Waals surface area contributed by atoms with Gasteiger partial charge >= 0.3 is 5.97 Å². The third-order valence-electron chi connectivity index (χ3n) is 3.32. The van der Waals surface area contributed by atoms with Crippen LogP contribution in [0.25, 0.3) is 0 Å². The molecule has 118 valence electrons. The summed E-state index contributed by atoms with van der Waals surface area (Å²) in [5.41, 5.74) is 1.35. The highest BCUT2D eigenvalue weighted by molar-refractivity contribution is 6.84. The molecule has 4 heteroatoms. The third kappa shape index (κ3) is 8.80. The van der Waals surface area contributed by atoms with Gasteiger partial charge in [0.25, 0.3) is 0 Å². The summed E-state index contributed by atoms with van der Waals surface area (Å²) in [6.07, 6.45) is 5.15. The molecule has 3 unspecified atom stereocenters. The van der Waals surface area contributed by atoms with Gasteiger partial charge in [0.1, 0.15) is 6.10 Å². The number of rotatable bonds is 8. The minimum absolute atomic E-state index is 0.0303. The average Bonchev–Trinajstić information content (AvgIpc) is 2.24. The summed E-state index contributed by atoms with van der Waals surface area (Å²) in [5.74, 6) is 0.281. The second-order valence-electron chi connectivity index (χ2n) is 7.12. The molecule has 0 heterocycles. The molecule has 0 N–H and O–H groups in total. The summed E-state index contributed by atoms with van der Waals surface area (Å²) >= 11 is 6.57. The molecular formula is C16H31ClO2Si. The Balaban J connectivity index is 4.57. The van der Waals surface area contributed by atoms with Gasteiger partial charge in [0, 0.05) is 6.92 Å². The molecule has 2 nitrogen and oxygen atoms in total. The molecule has 0 aliphatic carbocycles. The molecule has 0 aliphatic heterocycles. The van der Waals surface area contributed by atoms with Crippen molar-refractivity contribution in [1.29, 1.82) is 0 Å². The number of halogens is 1. The number of carbonyl (C=O) groups is 1. The van der Waals surface area contributed by atoms with Crippen molar-refractivity contribution < 1.29 is 9.53 Å². The van der Waals surface area contributed by atoms with Crippen molar-refractivity contribution in [2.24, 2.45) is 5.92 Å². The molecule has 0 amide bonds. The monoisotopic (exact) mass is 318 g/mol. The van der Waals surface area contributed by atoms with Gasteiger partial charge < -0.3 is 4.74 Å². The van der Waals surface area contributed by atoms with Crippen LogP contribution in [0, 0.1) is 5.92 Å². The Morgan fingerprint density at radius 2 is 1.80 bits per heavy atom. The molecule has 0 saturated heterocycles. The van der Waals surface area contributed by atoms with Crippen LogP contribution < -0.4 is 0 Å². The van der Waals surface area contributed by atoms with Crippen LogP contribution in [0.15, 0.2) is 11.6 Å². The van der Waals surface area contributed by atoms with Gasteiger partial charge in [0.2, 0.25) is 0 Å². The zero-order valence-corrected chi connectivity index (χ0v) is 15.9. The van der Waals surface area contributed by atoms with Crippen LogP contribution in [0.4, 0.5) is 0 Å². The molecule has 0 aliphatic rings. The molecule has 0 aromatic carbocycles. The van der Waals surface area contributed by atoms with Gasteiger partial charge in [-0.25, -0.2) is 0 Å². The average molecular weight is 319 g/mol. The molecule has 0 spiro atoms. The van der Waals surface area contributed by atoms with Gasteiger partial charge in [0.05, 0.1) is 13.1 Å². The van der Waals surface area contributed by atoms with Gasteiger partial charge in [-0.05, 0) is 39.0 Å². The summed E-state index contributed by atoms with van der Waals surface area (Å²) in [7, 11) is -1.53. The number of allylic oxidation sites excluding steroid dienone is 2. The zero-order valence-electron chi connectivity index (χ0n) is 14.1. The Labute approximate surface area is 130 Å². The maximum absolute atomic E-state index is 11.3. The minimum atomic E-state index is -1.53. The van der Waals surface area contributed by atoms with E-state index in [1.807, 2.05) is 0 Å². The van der Waals surface area contributed by atoms with Gasteiger partial charge in [-0.15, -0.1) is 11.6 Å². The second-order valence-corrected chi connectivity index (χ2v) is 13.3. The van der Waals surface area contributed by atoms with Crippen LogP contribution >= 0.6 is 11.6 Å². The van der Waals surface area contributed by atoms with Crippen molar-refractivity contribution in [3.63, 3.8) is 0 Å². The van der Waals surface area contributed by atoms with E-state index in [2.05, 4.69) is 46.5 Å². The second kappa shape index (κ2) is 8.88. The van der Waals surface area contributed by atoms with Gasteiger partial charge in [-0.1, -0.05) is 38.2 Å². The fourth-order valence-corrected chi connectivity index (χ4v) is 3.64. The predicted octanol–water partition coefficient (Wildman–Crippen LogP) is 5.18. The first-order valence-electron chi connectivity index (χ1n) is 7.48. The smallest absolute Gasteiger partial charge is 0.302 e. The third-order valence-corrected chi connectivity index (χ3v) is 7.59. The van der Waals surface area contributed by atoms with Gasteiger partial charge in [-0.2, -0.15) is 0 Å². The number of alkyl halides is 1. The van der Waals surface area contributed by atoms with Crippen molar-refractivity contribution in [3.05, 3.63) is 11.6 Å². The molecule has 0 aromatic heterocycles. The SMILES string of the molecule is CC(=O)OC(CC(C)CCC=C(C)C)C(Cl)[Si](C)(C)C. The Kier molecular flexibility index (Phi) is 8.76. The maximum Gasteiger partial charge on any atom is 0.302 e. The van der Waals surface area contributed by atoms with Crippen molar-refractivity contribution in [3.8, 4) is 0 Å². The molecule has 0 aromatic rings. The van der Waals surface area contributed by atoms with Crippen LogP contribution in [0.1, 0.15) is 47.0 Å². The first-order chi connectivity index (χ1) is 9.04. The number of ether oxygens (including phenoxy) is 1. The van der Waals surface area contributed by atoms with E-state index in [-0.39, 0.29) is 17.1 Å². The molecule has 0 fully saturated rings. The Morgan fingerprint density at radius 1 is 1.25 bits per heavy atom. The fraction of sp³-hybridized carbons (Fsp3) is 0.812. The Bertz CT molecular complexity index is 330. The fourth-order valence-electron chi connectivity index (χ4n) is 2.17. The van der Waals surface area contributed by atoms with Crippen molar-refractivity contribution in [2.45, 2.75) is 77.7 Å². The van der Waals surface area contributed by atoms with Crippen LogP contribution in [0.5, 0.6) is 0 Å². The molecule has 0 radical (unpaired) electrons. The Morgan fingerprint density at radius 3 is 2.20 bits per heavy atom. The van der Waals surface area contributed by atoms with E-state index >= 15 is 0 Å². The molecule has 0 bridgehead atoms. The van der Waals surface area contributed by atoms with Gasteiger partial charge in [0.15, 0.2) is 0 Å². The molecule has 3 atom stereocenters. The normalized spacial score (nSPS) is 16.2.